The first kappa shape index (κ1) is 16.9. The molecule has 0 aromatic heterocycles. The molecule has 0 fully saturated rings. The topological polar surface area (TPSA) is 0 Å². The average Bonchev–Trinajstić information content (AvgIpc) is 2.15. The van der Waals surface area contributed by atoms with E-state index in [1.54, 1.807) is 17.0 Å². The predicted molar refractivity (Wildman–Crippen MR) is 91.9 cm³/mol. The SMILES string of the molecule is CC[Si](C)(CC)C[SiH2]C[Si](C)(C)C[SiH](C)C. The van der Waals surface area contributed by atoms with Crippen LogP contribution in [0.2, 0.25) is 61.8 Å². The van der Waals surface area contributed by atoms with Crippen LogP contribution < -0.4 is 0 Å². The Balaban J connectivity index is 3.96. The summed E-state index contributed by atoms with van der Waals surface area (Å²) in [4.78, 5) is 0. The van der Waals surface area contributed by atoms with Gasteiger partial charge in [0.15, 0.2) is 0 Å². The van der Waals surface area contributed by atoms with E-state index in [0.29, 0.717) is 0 Å². The second kappa shape index (κ2) is 7.33. The van der Waals surface area contributed by atoms with E-state index in [0.717, 1.165) is 0 Å². The Morgan fingerprint density at radius 1 is 0.938 bits per heavy atom. The molecule has 0 aromatic carbocycles. The molecule has 0 aliphatic rings. The first-order valence-electron chi connectivity index (χ1n) is 7.24. The third-order valence-corrected chi connectivity index (χ3v) is 28.5. The molecule has 0 aliphatic carbocycles. The van der Waals surface area contributed by atoms with Crippen molar-refractivity contribution in [3.63, 3.8) is 0 Å². The Labute approximate surface area is 110 Å². The minimum absolute atomic E-state index is 0.284. The van der Waals surface area contributed by atoms with Crippen molar-refractivity contribution in [2.45, 2.75) is 75.7 Å². The van der Waals surface area contributed by atoms with E-state index in [-0.39, 0.29) is 18.3 Å². The molecule has 0 atom stereocenters. The lowest BCUT2D eigenvalue weighted by molar-refractivity contribution is 1.24. The second-order valence-corrected chi connectivity index (χ2v) is 25.6. The minimum Gasteiger partial charge on any atom is -0.0724 e. The highest BCUT2D eigenvalue weighted by atomic mass is 28.4. The number of hydrogen-bond acceptors (Lipinski definition) is 0. The molecule has 4 heteroatoms. The molecule has 0 radical (unpaired) electrons. The molecule has 98 valence electrons. The fraction of sp³-hybridized carbons (Fsp3) is 1.00. The zero-order valence-corrected chi connectivity index (χ0v) is 17.4. The summed E-state index contributed by atoms with van der Waals surface area (Å²) in [7, 11) is -1.50. The Bertz CT molecular complexity index is 185. The maximum atomic E-state index is 2.66. The van der Waals surface area contributed by atoms with Gasteiger partial charge in [-0.15, -0.1) is 0 Å². The molecule has 0 aromatic rings. The van der Waals surface area contributed by atoms with Gasteiger partial charge < -0.3 is 0 Å². The molecule has 0 unspecified atom stereocenters. The van der Waals surface area contributed by atoms with E-state index in [4.69, 9.17) is 0 Å². The van der Waals surface area contributed by atoms with E-state index >= 15 is 0 Å². The van der Waals surface area contributed by atoms with Gasteiger partial charge in [0.25, 0.3) is 0 Å². The lowest BCUT2D eigenvalue weighted by Crippen LogP contribution is -2.35. The maximum Gasteiger partial charge on any atom is 0.0467 e. The Morgan fingerprint density at radius 3 is 1.81 bits per heavy atom. The molecule has 16 heavy (non-hydrogen) atoms. The van der Waals surface area contributed by atoms with Crippen LogP contribution in [0.1, 0.15) is 13.8 Å². The van der Waals surface area contributed by atoms with Gasteiger partial charge in [-0.3, -0.25) is 0 Å². The zero-order valence-electron chi connectivity index (χ0n) is 12.8. The van der Waals surface area contributed by atoms with Crippen LogP contribution in [-0.4, -0.2) is 34.5 Å². The van der Waals surface area contributed by atoms with E-state index in [2.05, 4.69) is 46.6 Å². The van der Waals surface area contributed by atoms with Crippen molar-refractivity contribution in [3.05, 3.63) is 0 Å². The molecule has 0 bridgehead atoms. The molecule has 0 rings (SSSR count). The third-order valence-electron chi connectivity index (χ3n) is 4.30. The van der Waals surface area contributed by atoms with Crippen LogP contribution in [0.4, 0.5) is 0 Å². The summed E-state index contributed by atoms with van der Waals surface area (Å²) in [5.74, 6) is 0. The van der Waals surface area contributed by atoms with Gasteiger partial charge in [0, 0.05) is 34.5 Å². The molecular formula is C12H34Si4. The van der Waals surface area contributed by atoms with Gasteiger partial charge in [0.2, 0.25) is 0 Å². The van der Waals surface area contributed by atoms with Crippen LogP contribution in [0.3, 0.4) is 0 Å². The monoisotopic (exact) mass is 290 g/mol. The summed E-state index contributed by atoms with van der Waals surface area (Å²) in [5.41, 5.74) is 5.16. The summed E-state index contributed by atoms with van der Waals surface area (Å²) < 4.78 is 0. The Kier molecular flexibility index (Phi) is 7.73. The highest BCUT2D eigenvalue weighted by Crippen LogP contribution is 2.22. The lowest BCUT2D eigenvalue weighted by Gasteiger charge is -2.28. The molecule has 0 saturated heterocycles. The highest BCUT2D eigenvalue weighted by Gasteiger charge is 2.26. The van der Waals surface area contributed by atoms with Crippen LogP contribution in [0.5, 0.6) is 0 Å². The molecule has 0 spiro atoms. The summed E-state index contributed by atoms with van der Waals surface area (Å²) >= 11 is 0. The van der Waals surface area contributed by atoms with E-state index in [9.17, 15) is 0 Å². The Morgan fingerprint density at radius 2 is 1.44 bits per heavy atom. The van der Waals surface area contributed by atoms with Crippen molar-refractivity contribution in [1.82, 2.24) is 0 Å². The summed E-state index contributed by atoms with van der Waals surface area (Å²) in [5, 5.41) is 0. The van der Waals surface area contributed by atoms with Gasteiger partial charge in [0.1, 0.15) is 0 Å². The van der Waals surface area contributed by atoms with E-state index in [1.165, 1.54) is 12.1 Å². The van der Waals surface area contributed by atoms with Gasteiger partial charge in [-0.25, -0.2) is 0 Å². The Hall–Kier alpha value is 0.868. The van der Waals surface area contributed by atoms with Gasteiger partial charge in [-0.05, 0) is 0 Å². The van der Waals surface area contributed by atoms with Crippen LogP contribution in [0.15, 0.2) is 0 Å². The fourth-order valence-electron chi connectivity index (χ4n) is 2.80. The number of rotatable bonds is 8. The first-order valence-corrected chi connectivity index (χ1v) is 18.9. The molecular weight excluding hydrogens is 256 g/mol. The van der Waals surface area contributed by atoms with Gasteiger partial charge in [-0.1, -0.05) is 75.7 Å². The van der Waals surface area contributed by atoms with Crippen LogP contribution in [0.25, 0.3) is 0 Å². The van der Waals surface area contributed by atoms with Crippen molar-refractivity contribution >= 4 is 34.5 Å². The van der Waals surface area contributed by atoms with Crippen molar-refractivity contribution in [2.24, 2.45) is 0 Å². The van der Waals surface area contributed by atoms with E-state index < -0.39 is 16.1 Å². The number of hydrogen-bond donors (Lipinski definition) is 0. The van der Waals surface area contributed by atoms with Gasteiger partial charge >= 0.3 is 0 Å². The normalized spacial score (nSPS) is 14.2. The van der Waals surface area contributed by atoms with Crippen molar-refractivity contribution in [1.29, 1.82) is 0 Å². The van der Waals surface area contributed by atoms with Crippen LogP contribution in [0, 0.1) is 0 Å². The van der Waals surface area contributed by atoms with Crippen molar-refractivity contribution in [2.75, 3.05) is 0 Å². The maximum absolute atomic E-state index is 2.66. The highest BCUT2D eigenvalue weighted by molar-refractivity contribution is 6.94. The fourth-order valence-corrected chi connectivity index (χ4v) is 27.2. The first-order chi connectivity index (χ1) is 7.24. The predicted octanol–water partition coefficient (Wildman–Crippen LogP) is 3.92. The summed E-state index contributed by atoms with van der Waals surface area (Å²) in [6, 6.07) is 3.05. The van der Waals surface area contributed by atoms with E-state index in [1.807, 2.05) is 0 Å². The summed E-state index contributed by atoms with van der Waals surface area (Å²) in [6.45, 7) is 17.9. The largest absolute Gasteiger partial charge is 0.0724 e. The second-order valence-electron chi connectivity index (χ2n) is 7.13. The minimum atomic E-state index is -0.746. The van der Waals surface area contributed by atoms with Crippen molar-refractivity contribution < 1.29 is 0 Å². The zero-order chi connectivity index (χ0) is 12.8. The molecule has 0 N–H and O–H groups in total. The molecule has 0 amide bonds. The third kappa shape index (κ3) is 7.24. The molecule has 0 aliphatic heterocycles. The quantitative estimate of drug-likeness (QED) is 0.594. The lowest BCUT2D eigenvalue weighted by atomic mass is 10.9. The smallest absolute Gasteiger partial charge is 0.0467 e. The van der Waals surface area contributed by atoms with Crippen LogP contribution >= 0.6 is 0 Å². The van der Waals surface area contributed by atoms with Gasteiger partial charge in [0.05, 0.1) is 0 Å². The average molecular weight is 291 g/mol. The van der Waals surface area contributed by atoms with Gasteiger partial charge in [-0.2, -0.15) is 0 Å². The van der Waals surface area contributed by atoms with Crippen LogP contribution in [-0.2, 0) is 0 Å². The molecule has 0 heterocycles. The summed E-state index contributed by atoms with van der Waals surface area (Å²) in [6.07, 6.45) is 0. The standard InChI is InChI=1S/C12H34Si4/c1-8-16(7,9-2)11-13-10-15(5,6)12-14(3)4/h14H,8-13H2,1-7H3. The van der Waals surface area contributed by atoms with Crippen molar-refractivity contribution in [3.8, 4) is 0 Å². The molecule has 0 saturated carbocycles. The molecule has 0 nitrogen and oxygen atoms in total.